The van der Waals surface area contributed by atoms with Crippen LogP contribution in [0.1, 0.15) is 45.4 Å². The van der Waals surface area contributed by atoms with E-state index in [9.17, 15) is 19.5 Å². The SMILES string of the molecule is C=CCN(C)C(=O)[C@@H]1[C@@H]2CCC3(S2)C(C(=O)N(CC=C)CCCC)N(CCCCO)C(=O)[C@H]13. The summed E-state index contributed by atoms with van der Waals surface area (Å²) in [6.07, 6.45) is 8.13. The minimum absolute atomic E-state index is 0.0235. The highest BCUT2D eigenvalue weighted by atomic mass is 32.2. The molecule has 2 unspecified atom stereocenters. The first kappa shape index (κ1) is 25.8. The van der Waals surface area contributed by atoms with Gasteiger partial charge in [-0.2, -0.15) is 0 Å². The Morgan fingerprint density at radius 2 is 1.94 bits per heavy atom. The van der Waals surface area contributed by atoms with E-state index >= 15 is 0 Å². The van der Waals surface area contributed by atoms with Crippen molar-refractivity contribution in [3.05, 3.63) is 25.3 Å². The first-order valence-corrected chi connectivity index (χ1v) is 13.1. The zero-order valence-electron chi connectivity index (χ0n) is 20.1. The molecule has 0 radical (unpaired) electrons. The van der Waals surface area contributed by atoms with Crippen LogP contribution >= 0.6 is 11.8 Å². The van der Waals surface area contributed by atoms with Crippen LogP contribution in [0.5, 0.6) is 0 Å². The molecule has 3 aliphatic heterocycles. The van der Waals surface area contributed by atoms with Crippen LogP contribution in [0.25, 0.3) is 0 Å². The lowest BCUT2D eigenvalue weighted by atomic mass is 9.70. The number of thioether (sulfide) groups is 1. The lowest BCUT2D eigenvalue weighted by Gasteiger charge is -2.37. The molecule has 0 aliphatic carbocycles. The van der Waals surface area contributed by atoms with Gasteiger partial charge in [0.25, 0.3) is 0 Å². The summed E-state index contributed by atoms with van der Waals surface area (Å²) < 4.78 is -0.557. The summed E-state index contributed by atoms with van der Waals surface area (Å²) in [6.45, 7) is 11.7. The van der Waals surface area contributed by atoms with E-state index in [4.69, 9.17) is 0 Å². The Hall–Kier alpha value is -1.80. The second-order valence-corrected chi connectivity index (χ2v) is 11.1. The number of fused-ring (bicyclic) bond motifs is 1. The third kappa shape index (κ3) is 4.61. The fourth-order valence-corrected chi connectivity index (χ4v) is 8.06. The molecule has 3 amide bonds. The minimum Gasteiger partial charge on any atom is -0.396 e. The second-order valence-electron chi connectivity index (χ2n) is 9.45. The van der Waals surface area contributed by atoms with Crippen molar-refractivity contribution in [3.8, 4) is 0 Å². The highest BCUT2D eigenvalue weighted by molar-refractivity contribution is 8.02. The van der Waals surface area contributed by atoms with Crippen LogP contribution in [0.15, 0.2) is 25.3 Å². The second kappa shape index (κ2) is 11.1. The molecule has 2 bridgehead atoms. The third-order valence-electron chi connectivity index (χ3n) is 7.35. The summed E-state index contributed by atoms with van der Waals surface area (Å²) in [5.74, 6) is -0.988. The predicted octanol–water partition coefficient (Wildman–Crippen LogP) is 2.31. The van der Waals surface area contributed by atoms with Gasteiger partial charge in [0.15, 0.2) is 0 Å². The maximum absolute atomic E-state index is 14.0. The quantitative estimate of drug-likeness (QED) is 0.325. The molecular weight excluding hydrogens is 438 g/mol. The molecule has 33 heavy (non-hydrogen) atoms. The predicted molar refractivity (Wildman–Crippen MR) is 132 cm³/mol. The molecule has 0 aromatic carbocycles. The van der Waals surface area contributed by atoms with Crippen LogP contribution in [0.4, 0.5) is 0 Å². The maximum Gasteiger partial charge on any atom is 0.247 e. The zero-order chi connectivity index (χ0) is 24.2. The maximum atomic E-state index is 14.0. The highest BCUT2D eigenvalue weighted by Gasteiger charge is 2.73. The summed E-state index contributed by atoms with van der Waals surface area (Å²) in [7, 11) is 1.75. The van der Waals surface area contributed by atoms with Gasteiger partial charge in [-0.25, -0.2) is 0 Å². The molecule has 184 valence electrons. The molecule has 3 aliphatic rings. The number of carbonyl (C=O) groups is 3. The van der Waals surface area contributed by atoms with Crippen molar-refractivity contribution in [1.29, 1.82) is 0 Å². The van der Waals surface area contributed by atoms with Gasteiger partial charge in [0.2, 0.25) is 17.7 Å². The minimum atomic E-state index is -0.567. The summed E-state index contributed by atoms with van der Waals surface area (Å²) >= 11 is 1.71. The van der Waals surface area contributed by atoms with E-state index in [1.165, 1.54) is 0 Å². The lowest BCUT2D eigenvalue weighted by Crippen LogP contribution is -2.55. The molecule has 7 nitrogen and oxygen atoms in total. The number of amides is 3. The van der Waals surface area contributed by atoms with Gasteiger partial charge in [-0.05, 0) is 32.1 Å². The first-order chi connectivity index (χ1) is 15.9. The van der Waals surface area contributed by atoms with Crippen LogP contribution in [0.2, 0.25) is 0 Å². The average molecular weight is 478 g/mol. The van der Waals surface area contributed by atoms with E-state index in [0.29, 0.717) is 39.0 Å². The summed E-state index contributed by atoms with van der Waals surface area (Å²) in [5, 5.41) is 9.34. The number of likely N-dealkylation sites (N-methyl/N-ethyl adjacent to an activating group) is 1. The topological polar surface area (TPSA) is 81.2 Å². The molecule has 8 heteroatoms. The molecule has 3 saturated heterocycles. The van der Waals surface area contributed by atoms with Gasteiger partial charge in [-0.15, -0.1) is 24.9 Å². The first-order valence-electron chi connectivity index (χ1n) is 12.2. The molecule has 3 fully saturated rings. The van der Waals surface area contributed by atoms with Gasteiger partial charge in [0.05, 0.1) is 16.6 Å². The van der Waals surface area contributed by atoms with Gasteiger partial charge in [-0.1, -0.05) is 25.5 Å². The Labute approximate surface area is 202 Å². The van der Waals surface area contributed by atoms with Gasteiger partial charge in [-0.3, -0.25) is 14.4 Å². The van der Waals surface area contributed by atoms with Gasteiger partial charge in [0.1, 0.15) is 6.04 Å². The Bertz CT molecular complexity index is 775. The summed E-state index contributed by atoms with van der Waals surface area (Å²) in [4.78, 5) is 46.4. The normalized spacial score (nSPS) is 29.8. The van der Waals surface area contributed by atoms with Crippen molar-refractivity contribution in [2.24, 2.45) is 11.8 Å². The highest BCUT2D eigenvalue weighted by Crippen LogP contribution is 2.66. The van der Waals surface area contributed by atoms with E-state index in [1.54, 1.807) is 40.8 Å². The van der Waals surface area contributed by atoms with Crippen molar-refractivity contribution in [1.82, 2.24) is 14.7 Å². The van der Waals surface area contributed by atoms with Crippen LogP contribution in [-0.2, 0) is 14.4 Å². The molecule has 1 N–H and O–H groups in total. The van der Waals surface area contributed by atoms with Gasteiger partial charge >= 0.3 is 0 Å². The van der Waals surface area contributed by atoms with Crippen LogP contribution in [0, 0.1) is 11.8 Å². The smallest absolute Gasteiger partial charge is 0.247 e. The number of aliphatic hydroxyl groups is 1. The molecule has 0 aromatic heterocycles. The van der Waals surface area contributed by atoms with E-state index < -0.39 is 22.6 Å². The molecule has 3 heterocycles. The number of nitrogens with zero attached hydrogens (tertiary/aromatic N) is 3. The molecule has 0 aromatic rings. The standard InChI is InChI=1S/C25H39N3O4S/c1-5-8-15-27(14-7-3)24(32)21-25-12-11-18(33-25)19(22(30)26(4)13-6-2)20(25)23(31)28(21)16-9-10-17-29/h6-7,18-21,29H,2-3,5,8-17H2,1,4H3/t18-,19+,20-,21?,25?/m0/s1. The van der Waals surface area contributed by atoms with Crippen LogP contribution < -0.4 is 0 Å². The fraction of sp³-hybridized carbons (Fsp3) is 0.720. The molecule has 0 saturated carbocycles. The third-order valence-corrected chi connectivity index (χ3v) is 9.30. The summed E-state index contributed by atoms with van der Waals surface area (Å²) in [6, 6.07) is -0.567. The summed E-state index contributed by atoms with van der Waals surface area (Å²) in [5.41, 5.74) is 0. The molecular formula is C25H39N3O4S. The Morgan fingerprint density at radius 3 is 2.58 bits per heavy atom. The van der Waals surface area contributed by atoms with Crippen molar-refractivity contribution < 1.29 is 19.5 Å². The number of rotatable bonds is 13. The Kier molecular flexibility index (Phi) is 8.67. The van der Waals surface area contributed by atoms with Crippen molar-refractivity contribution in [2.75, 3.05) is 39.8 Å². The van der Waals surface area contributed by atoms with Crippen LogP contribution in [-0.4, -0.2) is 93.4 Å². The van der Waals surface area contributed by atoms with Gasteiger partial charge < -0.3 is 19.8 Å². The van der Waals surface area contributed by atoms with E-state index in [0.717, 1.165) is 25.7 Å². The number of unbranched alkanes of at least 4 members (excludes halogenated alkanes) is 2. The largest absolute Gasteiger partial charge is 0.396 e. The van der Waals surface area contributed by atoms with E-state index in [1.807, 2.05) is 4.90 Å². The van der Waals surface area contributed by atoms with Crippen molar-refractivity contribution in [3.63, 3.8) is 0 Å². The molecule has 5 atom stereocenters. The Morgan fingerprint density at radius 1 is 1.21 bits per heavy atom. The van der Waals surface area contributed by atoms with Gasteiger partial charge in [0, 0.05) is 45.1 Å². The number of likely N-dealkylation sites (tertiary alicyclic amines) is 1. The zero-order valence-corrected chi connectivity index (χ0v) is 20.9. The van der Waals surface area contributed by atoms with Crippen molar-refractivity contribution in [2.45, 2.75) is 61.5 Å². The lowest BCUT2D eigenvalue weighted by molar-refractivity contribution is -0.144. The average Bonchev–Trinajstić information content (AvgIpc) is 3.44. The fourth-order valence-electron chi connectivity index (χ4n) is 5.86. The van der Waals surface area contributed by atoms with E-state index in [-0.39, 0.29) is 29.6 Å². The van der Waals surface area contributed by atoms with Crippen LogP contribution in [0.3, 0.4) is 0 Å². The molecule has 3 rings (SSSR count). The number of hydrogen-bond donors (Lipinski definition) is 1. The number of aliphatic hydroxyl groups excluding tert-OH is 1. The van der Waals surface area contributed by atoms with Crippen molar-refractivity contribution >= 4 is 29.5 Å². The molecule has 1 spiro atoms. The van der Waals surface area contributed by atoms with E-state index in [2.05, 4.69) is 20.1 Å². The number of carbonyl (C=O) groups excluding carboxylic acids is 3. The number of hydrogen-bond acceptors (Lipinski definition) is 5. The Balaban J connectivity index is 1.97. The monoisotopic (exact) mass is 477 g/mol.